The Balaban J connectivity index is 2.19. The van der Waals surface area contributed by atoms with E-state index < -0.39 is 10.0 Å². The van der Waals surface area contributed by atoms with Crippen LogP contribution < -0.4 is 10.5 Å². The maximum Gasteiger partial charge on any atom is 0.260 e. The summed E-state index contributed by atoms with van der Waals surface area (Å²) < 4.78 is 27.4. The Kier molecular flexibility index (Phi) is 4.42. The number of nitrogens with two attached hydrogens (primary N) is 1. The lowest BCUT2D eigenvalue weighted by molar-refractivity contribution is 0.282. The maximum absolute atomic E-state index is 12.3. The van der Waals surface area contributed by atoms with Gasteiger partial charge in [-0.3, -0.25) is 0 Å². The first-order valence-corrected chi connectivity index (χ1v) is 8.25. The molecule has 1 heterocycles. The molecule has 2 atom stereocenters. The van der Waals surface area contributed by atoms with Gasteiger partial charge in [-0.1, -0.05) is 26.2 Å². The number of anilines is 1. The highest BCUT2D eigenvalue weighted by molar-refractivity contribution is 7.89. The first-order valence-electron chi connectivity index (χ1n) is 6.77. The van der Waals surface area contributed by atoms with Crippen molar-refractivity contribution in [1.29, 1.82) is 0 Å². The standard InChI is InChI=1S/C13H21N3O2S/c1-2-10-6-3-4-8-12(10)16-19(17,18)13-11(14)7-5-9-15-13/h5,7,9-10,12,16H,2-4,6,8,14H2,1H3. The first-order chi connectivity index (χ1) is 9.04. The fourth-order valence-corrected chi connectivity index (χ4v) is 4.13. The highest BCUT2D eigenvalue weighted by Crippen LogP contribution is 2.28. The van der Waals surface area contributed by atoms with E-state index in [9.17, 15) is 8.42 Å². The van der Waals surface area contributed by atoms with Gasteiger partial charge in [0.25, 0.3) is 10.0 Å². The van der Waals surface area contributed by atoms with Crippen LogP contribution in [0.25, 0.3) is 0 Å². The molecule has 1 aliphatic rings. The zero-order chi connectivity index (χ0) is 13.9. The smallest absolute Gasteiger partial charge is 0.260 e. The third kappa shape index (κ3) is 3.25. The van der Waals surface area contributed by atoms with Crippen molar-refractivity contribution in [3.05, 3.63) is 18.3 Å². The molecule has 2 rings (SSSR count). The van der Waals surface area contributed by atoms with E-state index in [-0.39, 0.29) is 16.8 Å². The Hall–Kier alpha value is -1.14. The van der Waals surface area contributed by atoms with Crippen molar-refractivity contribution in [3.63, 3.8) is 0 Å². The zero-order valence-electron chi connectivity index (χ0n) is 11.2. The van der Waals surface area contributed by atoms with E-state index in [1.54, 1.807) is 12.1 Å². The van der Waals surface area contributed by atoms with Crippen molar-refractivity contribution in [2.45, 2.75) is 50.1 Å². The molecule has 1 fully saturated rings. The molecular formula is C13H21N3O2S. The molecule has 0 saturated heterocycles. The Labute approximate surface area is 114 Å². The quantitative estimate of drug-likeness (QED) is 0.884. The third-order valence-electron chi connectivity index (χ3n) is 3.80. The number of hydrogen-bond acceptors (Lipinski definition) is 4. The van der Waals surface area contributed by atoms with Crippen LogP contribution in [-0.4, -0.2) is 19.4 Å². The van der Waals surface area contributed by atoms with Gasteiger partial charge in [0, 0.05) is 12.2 Å². The number of nitrogens with one attached hydrogen (secondary N) is 1. The van der Waals surface area contributed by atoms with E-state index in [1.165, 1.54) is 12.6 Å². The molecule has 1 aliphatic carbocycles. The monoisotopic (exact) mass is 283 g/mol. The average Bonchev–Trinajstić information content (AvgIpc) is 2.39. The van der Waals surface area contributed by atoms with Gasteiger partial charge in [0.2, 0.25) is 0 Å². The van der Waals surface area contributed by atoms with Gasteiger partial charge in [0.15, 0.2) is 5.03 Å². The molecule has 2 unspecified atom stereocenters. The number of nitrogen functional groups attached to an aromatic ring is 1. The molecule has 0 aromatic carbocycles. The van der Waals surface area contributed by atoms with E-state index >= 15 is 0 Å². The molecule has 106 valence electrons. The number of aromatic nitrogens is 1. The second-order valence-corrected chi connectivity index (χ2v) is 6.71. The van der Waals surface area contributed by atoms with Crippen LogP contribution >= 0.6 is 0 Å². The summed E-state index contributed by atoms with van der Waals surface area (Å²) in [7, 11) is -3.62. The molecule has 6 heteroatoms. The molecule has 0 spiro atoms. The zero-order valence-corrected chi connectivity index (χ0v) is 12.0. The summed E-state index contributed by atoms with van der Waals surface area (Å²) in [6, 6.07) is 3.19. The van der Waals surface area contributed by atoms with Gasteiger partial charge >= 0.3 is 0 Å². The number of hydrogen-bond donors (Lipinski definition) is 2. The molecule has 1 aromatic rings. The number of nitrogens with zero attached hydrogens (tertiary/aromatic N) is 1. The van der Waals surface area contributed by atoms with Crippen LogP contribution in [0.2, 0.25) is 0 Å². The van der Waals surface area contributed by atoms with Crippen LogP contribution in [0.1, 0.15) is 39.0 Å². The van der Waals surface area contributed by atoms with Gasteiger partial charge in [-0.25, -0.2) is 18.1 Å². The second-order valence-electron chi connectivity index (χ2n) is 5.08. The number of rotatable bonds is 4. The van der Waals surface area contributed by atoms with E-state index in [4.69, 9.17) is 5.73 Å². The normalized spacial score (nSPS) is 24.3. The third-order valence-corrected chi connectivity index (χ3v) is 5.26. The number of pyridine rings is 1. The SMILES string of the molecule is CCC1CCCCC1NS(=O)(=O)c1ncccc1N. The van der Waals surface area contributed by atoms with Gasteiger partial charge in [0.05, 0.1) is 5.69 Å². The van der Waals surface area contributed by atoms with Gasteiger partial charge < -0.3 is 5.73 Å². The van der Waals surface area contributed by atoms with E-state index in [0.717, 1.165) is 25.7 Å². The van der Waals surface area contributed by atoms with Crippen LogP contribution in [0, 0.1) is 5.92 Å². The predicted octanol–water partition coefficient (Wildman–Crippen LogP) is 1.91. The van der Waals surface area contributed by atoms with Crippen LogP contribution in [0.5, 0.6) is 0 Å². The molecule has 0 aliphatic heterocycles. The lowest BCUT2D eigenvalue weighted by atomic mass is 9.83. The summed E-state index contributed by atoms with van der Waals surface area (Å²) in [6.45, 7) is 2.10. The summed E-state index contributed by atoms with van der Waals surface area (Å²) in [5, 5.41) is -0.0598. The van der Waals surface area contributed by atoms with Gasteiger partial charge in [-0.05, 0) is 30.9 Å². The minimum atomic E-state index is -3.62. The maximum atomic E-state index is 12.3. The molecule has 0 radical (unpaired) electrons. The molecule has 3 N–H and O–H groups in total. The summed E-state index contributed by atoms with van der Waals surface area (Å²) in [4.78, 5) is 3.89. The largest absolute Gasteiger partial charge is 0.396 e. The van der Waals surface area contributed by atoms with E-state index in [1.807, 2.05) is 0 Å². The van der Waals surface area contributed by atoms with Crippen LogP contribution in [0.3, 0.4) is 0 Å². The highest BCUT2D eigenvalue weighted by atomic mass is 32.2. The van der Waals surface area contributed by atoms with Crippen molar-refractivity contribution in [2.75, 3.05) is 5.73 Å². The number of sulfonamides is 1. The Morgan fingerprint density at radius 3 is 2.84 bits per heavy atom. The highest BCUT2D eigenvalue weighted by Gasteiger charge is 2.29. The Bertz CT molecular complexity index is 530. The van der Waals surface area contributed by atoms with Crippen LogP contribution in [-0.2, 0) is 10.0 Å². The van der Waals surface area contributed by atoms with Crippen molar-refractivity contribution in [2.24, 2.45) is 5.92 Å². The van der Waals surface area contributed by atoms with Crippen molar-refractivity contribution in [3.8, 4) is 0 Å². The van der Waals surface area contributed by atoms with Gasteiger partial charge in [-0.2, -0.15) is 0 Å². The summed E-state index contributed by atoms with van der Waals surface area (Å²) in [5.41, 5.74) is 5.89. The molecule has 1 aromatic heterocycles. The summed E-state index contributed by atoms with van der Waals surface area (Å²) >= 11 is 0. The summed E-state index contributed by atoms with van der Waals surface area (Å²) in [6.07, 6.45) is 6.67. The lowest BCUT2D eigenvalue weighted by Crippen LogP contribution is -2.42. The average molecular weight is 283 g/mol. The fourth-order valence-electron chi connectivity index (χ4n) is 2.73. The van der Waals surface area contributed by atoms with E-state index in [2.05, 4.69) is 16.6 Å². The lowest BCUT2D eigenvalue weighted by Gasteiger charge is -2.31. The van der Waals surface area contributed by atoms with Gasteiger partial charge in [0.1, 0.15) is 0 Å². The predicted molar refractivity (Wildman–Crippen MR) is 75.0 cm³/mol. The Morgan fingerprint density at radius 1 is 1.42 bits per heavy atom. The first kappa shape index (κ1) is 14.3. The molecule has 19 heavy (non-hydrogen) atoms. The van der Waals surface area contributed by atoms with Crippen molar-refractivity contribution < 1.29 is 8.42 Å². The minimum Gasteiger partial charge on any atom is -0.396 e. The Morgan fingerprint density at radius 2 is 2.16 bits per heavy atom. The van der Waals surface area contributed by atoms with Crippen LogP contribution in [0.15, 0.2) is 23.4 Å². The second kappa shape index (κ2) is 5.88. The topological polar surface area (TPSA) is 85.1 Å². The molecule has 1 saturated carbocycles. The molecule has 5 nitrogen and oxygen atoms in total. The molecule has 0 amide bonds. The van der Waals surface area contributed by atoms with E-state index in [0.29, 0.717) is 5.92 Å². The van der Waals surface area contributed by atoms with Crippen molar-refractivity contribution >= 4 is 15.7 Å². The van der Waals surface area contributed by atoms with Crippen LogP contribution in [0.4, 0.5) is 5.69 Å². The molecule has 0 bridgehead atoms. The fraction of sp³-hybridized carbons (Fsp3) is 0.615. The molecular weight excluding hydrogens is 262 g/mol. The summed E-state index contributed by atoms with van der Waals surface area (Å²) in [5.74, 6) is 0.411. The van der Waals surface area contributed by atoms with Crippen molar-refractivity contribution in [1.82, 2.24) is 9.71 Å². The minimum absolute atomic E-state index is 0.00477. The van der Waals surface area contributed by atoms with Gasteiger partial charge in [-0.15, -0.1) is 0 Å².